The molecule has 2 aromatic rings. The minimum atomic E-state index is -0.849. The predicted molar refractivity (Wildman–Crippen MR) is 63.7 cm³/mol. The van der Waals surface area contributed by atoms with Crippen LogP contribution in [0.25, 0.3) is 11.0 Å². The third-order valence-corrected chi connectivity index (χ3v) is 2.42. The molecule has 18 heavy (non-hydrogen) atoms. The zero-order chi connectivity index (χ0) is 13.0. The number of aromatic nitrogens is 3. The second kappa shape index (κ2) is 5.46. The van der Waals surface area contributed by atoms with Gasteiger partial charge in [0.25, 0.3) is 0 Å². The average molecular weight is 250 g/mol. The summed E-state index contributed by atoms with van der Waals surface area (Å²) in [4.78, 5) is 18.9. The van der Waals surface area contributed by atoms with E-state index in [2.05, 4.69) is 9.97 Å². The number of nitrogens with zero attached hydrogens (tertiary/aromatic N) is 3. The molecule has 0 fully saturated rings. The third-order valence-electron chi connectivity index (χ3n) is 2.42. The Morgan fingerprint density at radius 3 is 3.17 bits per heavy atom. The Bertz CT molecular complexity index is 540. The molecule has 0 aromatic carbocycles. The minimum Gasteiger partial charge on any atom is -0.423 e. The van der Waals surface area contributed by atoms with E-state index in [4.69, 9.17) is 15.2 Å². The lowest BCUT2D eigenvalue weighted by Crippen LogP contribution is -2.25. The molecule has 1 amide bonds. The van der Waals surface area contributed by atoms with Crippen molar-refractivity contribution in [3.63, 3.8) is 0 Å². The van der Waals surface area contributed by atoms with Crippen LogP contribution in [-0.4, -0.2) is 33.8 Å². The Balaban J connectivity index is 2.31. The lowest BCUT2D eigenvalue weighted by Gasteiger charge is -2.18. The molecule has 0 radical (unpaired) electrons. The van der Waals surface area contributed by atoms with Gasteiger partial charge in [-0.3, -0.25) is 0 Å². The van der Waals surface area contributed by atoms with Crippen molar-refractivity contribution in [3.8, 4) is 0 Å². The molecule has 0 aliphatic carbocycles. The van der Waals surface area contributed by atoms with Gasteiger partial charge in [0.2, 0.25) is 6.23 Å². The largest absolute Gasteiger partial charge is 0.423 e. The monoisotopic (exact) mass is 250 g/mol. The molecule has 2 heterocycles. The third kappa shape index (κ3) is 2.57. The van der Waals surface area contributed by atoms with Gasteiger partial charge in [-0.1, -0.05) is 0 Å². The van der Waals surface area contributed by atoms with Gasteiger partial charge < -0.3 is 19.8 Å². The molecule has 96 valence electrons. The SMILES string of the molecule is CCOCC(OC(N)=O)n1ccc2ncncc21. The molecule has 0 saturated heterocycles. The highest BCUT2D eigenvalue weighted by atomic mass is 16.6. The second-order valence-electron chi connectivity index (χ2n) is 3.57. The maximum atomic E-state index is 10.9. The number of amides is 1. The fraction of sp³-hybridized carbons (Fsp3) is 0.364. The highest BCUT2D eigenvalue weighted by Crippen LogP contribution is 2.18. The fourth-order valence-corrected chi connectivity index (χ4v) is 1.67. The van der Waals surface area contributed by atoms with Crippen LogP contribution >= 0.6 is 0 Å². The average Bonchev–Trinajstić information content (AvgIpc) is 2.78. The van der Waals surface area contributed by atoms with Crippen molar-refractivity contribution in [3.05, 3.63) is 24.8 Å². The van der Waals surface area contributed by atoms with Crippen LogP contribution in [0.2, 0.25) is 0 Å². The summed E-state index contributed by atoms with van der Waals surface area (Å²) in [6, 6.07) is 1.81. The Labute approximate surface area is 104 Å². The van der Waals surface area contributed by atoms with Crippen molar-refractivity contribution in [1.82, 2.24) is 14.5 Å². The van der Waals surface area contributed by atoms with Crippen LogP contribution in [0.3, 0.4) is 0 Å². The maximum absolute atomic E-state index is 10.9. The molecule has 0 aliphatic rings. The Morgan fingerprint density at radius 2 is 2.44 bits per heavy atom. The number of primary amides is 1. The first-order valence-electron chi connectivity index (χ1n) is 5.52. The summed E-state index contributed by atoms with van der Waals surface area (Å²) >= 11 is 0. The fourth-order valence-electron chi connectivity index (χ4n) is 1.67. The van der Waals surface area contributed by atoms with Crippen molar-refractivity contribution in [1.29, 1.82) is 0 Å². The zero-order valence-corrected chi connectivity index (χ0v) is 9.94. The first-order valence-corrected chi connectivity index (χ1v) is 5.52. The minimum absolute atomic E-state index is 0.220. The highest BCUT2D eigenvalue weighted by molar-refractivity contribution is 5.74. The van der Waals surface area contributed by atoms with Gasteiger partial charge in [0.1, 0.15) is 12.9 Å². The number of nitrogens with two attached hydrogens (primary N) is 1. The molecule has 7 nitrogen and oxygen atoms in total. The van der Waals surface area contributed by atoms with Gasteiger partial charge in [-0.15, -0.1) is 0 Å². The van der Waals surface area contributed by atoms with E-state index < -0.39 is 12.3 Å². The summed E-state index contributed by atoms with van der Waals surface area (Å²) in [7, 11) is 0. The molecule has 2 rings (SSSR count). The van der Waals surface area contributed by atoms with Gasteiger partial charge >= 0.3 is 6.09 Å². The van der Waals surface area contributed by atoms with Crippen LogP contribution in [0.4, 0.5) is 4.79 Å². The molecule has 7 heteroatoms. The van der Waals surface area contributed by atoms with Crippen molar-refractivity contribution in [2.45, 2.75) is 13.2 Å². The number of hydrogen-bond donors (Lipinski definition) is 1. The molecule has 0 spiro atoms. The number of hydrogen-bond acceptors (Lipinski definition) is 5. The molecule has 1 unspecified atom stereocenters. The molecule has 2 aromatic heterocycles. The van der Waals surface area contributed by atoms with Crippen LogP contribution < -0.4 is 5.73 Å². The van der Waals surface area contributed by atoms with Gasteiger partial charge in [0.05, 0.1) is 17.2 Å². The lowest BCUT2D eigenvalue weighted by atomic mass is 10.4. The van der Waals surface area contributed by atoms with E-state index in [1.807, 2.05) is 6.92 Å². The normalized spacial score (nSPS) is 12.5. The van der Waals surface area contributed by atoms with Gasteiger partial charge in [0.15, 0.2) is 0 Å². The number of ether oxygens (including phenoxy) is 2. The van der Waals surface area contributed by atoms with Crippen LogP contribution in [-0.2, 0) is 9.47 Å². The second-order valence-corrected chi connectivity index (χ2v) is 3.57. The van der Waals surface area contributed by atoms with Gasteiger partial charge in [0, 0.05) is 12.8 Å². The van der Waals surface area contributed by atoms with Gasteiger partial charge in [-0.05, 0) is 13.0 Å². The molecule has 0 bridgehead atoms. The Hall–Kier alpha value is -2.15. The van der Waals surface area contributed by atoms with Crippen LogP contribution in [0.15, 0.2) is 24.8 Å². The summed E-state index contributed by atoms with van der Waals surface area (Å²) in [6.07, 6.45) is 3.39. The molecular formula is C11H14N4O3. The molecule has 1 atom stereocenters. The quantitative estimate of drug-likeness (QED) is 0.856. The number of rotatable bonds is 5. The van der Waals surface area contributed by atoms with E-state index in [-0.39, 0.29) is 6.61 Å². The smallest absolute Gasteiger partial charge is 0.406 e. The van der Waals surface area contributed by atoms with E-state index in [1.54, 1.807) is 23.0 Å². The first-order chi connectivity index (χ1) is 8.72. The zero-order valence-electron chi connectivity index (χ0n) is 9.94. The van der Waals surface area contributed by atoms with Crippen LogP contribution in [0.1, 0.15) is 13.2 Å². The van der Waals surface area contributed by atoms with Crippen molar-refractivity contribution < 1.29 is 14.3 Å². The van der Waals surface area contributed by atoms with Crippen LogP contribution in [0, 0.1) is 0 Å². The lowest BCUT2D eigenvalue weighted by molar-refractivity contribution is -0.00836. The summed E-state index contributed by atoms with van der Waals surface area (Å²) in [5.41, 5.74) is 6.57. The highest BCUT2D eigenvalue weighted by Gasteiger charge is 2.17. The van der Waals surface area contributed by atoms with Crippen molar-refractivity contribution in [2.24, 2.45) is 5.73 Å². The van der Waals surface area contributed by atoms with Crippen molar-refractivity contribution in [2.75, 3.05) is 13.2 Å². The molecular weight excluding hydrogens is 236 g/mol. The molecule has 0 saturated carbocycles. The number of carbonyl (C=O) groups excluding carboxylic acids is 1. The predicted octanol–water partition coefficient (Wildman–Crippen LogP) is 1.06. The first kappa shape index (κ1) is 12.3. The summed E-state index contributed by atoms with van der Waals surface area (Å²) in [5, 5.41) is 0. The van der Waals surface area contributed by atoms with Crippen molar-refractivity contribution >= 4 is 17.1 Å². The van der Waals surface area contributed by atoms with Gasteiger partial charge in [-0.25, -0.2) is 14.8 Å². The molecule has 2 N–H and O–H groups in total. The van der Waals surface area contributed by atoms with E-state index in [0.717, 1.165) is 11.0 Å². The maximum Gasteiger partial charge on any atom is 0.406 e. The topological polar surface area (TPSA) is 92.3 Å². The Kier molecular flexibility index (Phi) is 3.73. The van der Waals surface area contributed by atoms with E-state index in [0.29, 0.717) is 6.61 Å². The summed E-state index contributed by atoms with van der Waals surface area (Å²) in [5.74, 6) is 0. The van der Waals surface area contributed by atoms with E-state index in [1.165, 1.54) is 6.33 Å². The molecule has 0 aliphatic heterocycles. The standard InChI is InChI=1S/C11H14N4O3/c1-2-17-6-10(18-11(12)16)15-4-3-8-9(15)5-13-7-14-8/h3-5,7,10H,2,6H2,1H3,(H2,12,16). The van der Waals surface area contributed by atoms with E-state index >= 15 is 0 Å². The van der Waals surface area contributed by atoms with Gasteiger partial charge in [-0.2, -0.15) is 0 Å². The number of carbonyl (C=O) groups is 1. The van der Waals surface area contributed by atoms with E-state index in [9.17, 15) is 4.79 Å². The Morgan fingerprint density at radius 1 is 1.61 bits per heavy atom. The summed E-state index contributed by atoms with van der Waals surface area (Å²) < 4.78 is 12.0. The summed E-state index contributed by atoms with van der Waals surface area (Å²) in [6.45, 7) is 2.60. The van der Waals surface area contributed by atoms with Crippen LogP contribution in [0.5, 0.6) is 0 Å². The number of fused-ring (bicyclic) bond motifs is 1.